The van der Waals surface area contributed by atoms with Gasteiger partial charge in [-0.15, -0.1) is 0 Å². The number of fused-ring (bicyclic) bond motifs is 1. The number of benzene rings is 2. The van der Waals surface area contributed by atoms with Gasteiger partial charge < -0.3 is 9.47 Å². The lowest BCUT2D eigenvalue weighted by atomic mass is 10.2. The second-order valence-electron chi connectivity index (χ2n) is 5.14. The van der Waals surface area contributed by atoms with Gasteiger partial charge in [0.05, 0.1) is 38.7 Å². The highest BCUT2D eigenvalue weighted by Gasteiger charge is 2.09. The van der Waals surface area contributed by atoms with Crippen molar-refractivity contribution in [3.05, 3.63) is 70.8 Å². The summed E-state index contributed by atoms with van der Waals surface area (Å²) in [6.07, 6.45) is 1.55. The molecule has 0 spiro atoms. The molecule has 0 bridgehead atoms. The highest BCUT2D eigenvalue weighted by atomic mass is 16.5. The normalized spacial score (nSPS) is 10.8. The largest absolute Gasteiger partial charge is 0.496 e. The molecule has 1 heterocycles. The summed E-state index contributed by atoms with van der Waals surface area (Å²) in [4.78, 5) is 16.9. The molecule has 0 saturated heterocycles. The van der Waals surface area contributed by atoms with E-state index in [-0.39, 0.29) is 5.56 Å². The van der Waals surface area contributed by atoms with Crippen molar-refractivity contribution in [2.75, 3.05) is 13.7 Å². The van der Waals surface area contributed by atoms with Crippen LogP contribution in [-0.2, 0) is 17.9 Å². The number of ether oxygens (including phenoxy) is 2. The van der Waals surface area contributed by atoms with Crippen LogP contribution in [0.2, 0.25) is 0 Å². The van der Waals surface area contributed by atoms with Crippen molar-refractivity contribution in [3.8, 4) is 5.75 Å². The van der Waals surface area contributed by atoms with Gasteiger partial charge in [-0.05, 0) is 17.7 Å². The summed E-state index contributed by atoms with van der Waals surface area (Å²) in [6, 6.07) is 15.3. The van der Waals surface area contributed by atoms with Gasteiger partial charge in [-0.3, -0.25) is 9.36 Å². The molecule has 0 radical (unpaired) electrons. The summed E-state index contributed by atoms with van der Waals surface area (Å²) < 4.78 is 12.4. The molecule has 1 aromatic heterocycles. The van der Waals surface area contributed by atoms with Crippen LogP contribution in [0.4, 0.5) is 0 Å². The first-order valence-corrected chi connectivity index (χ1v) is 7.43. The van der Waals surface area contributed by atoms with Gasteiger partial charge in [0.1, 0.15) is 11.1 Å². The van der Waals surface area contributed by atoms with Crippen molar-refractivity contribution in [2.45, 2.75) is 13.2 Å². The predicted octanol–water partition coefficient (Wildman–Crippen LogP) is 2.62. The minimum absolute atomic E-state index is 0.115. The van der Waals surface area contributed by atoms with Gasteiger partial charge in [0.25, 0.3) is 5.56 Å². The Morgan fingerprint density at radius 1 is 1.09 bits per heavy atom. The smallest absolute Gasteiger partial charge is 0.265 e. The molecule has 0 aliphatic heterocycles. The van der Waals surface area contributed by atoms with Gasteiger partial charge >= 0.3 is 0 Å². The topological polar surface area (TPSA) is 53.4 Å². The minimum Gasteiger partial charge on any atom is -0.496 e. The third kappa shape index (κ3) is 3.40. The van der Waals surface area contributed by atoms with Crippen LogP contribution >= 0.6 is 0 Å². The van der Waals surface area contributed by atoms with Crippen molar-refractivity contribution in [2.24, 2.45) is 0 Å². The van der Waals surface area contributed by atoms with E-state index >= 15 is 0 Å². The molecule has 3 aromatic rings. The highest BCUT2D eigenvalue weighted by Crippen LogP contribution is 2.19. The third-order valence-corrected chi connectivity index (χ3v) is 3.62. The average Bonchev–Trinajstić information content (AvgIpc) is 2.60. The van der Waals surface area contributed by atoms with E-state index in [1.165, 1.54) is 0 Å². The minimum atomic E-state index is -0.115. The first kappa shape index (κ1) is 15.2. The Kier molecular flexibility index (Phi) is 4.68. The van der Waals surface area contributed by atoms with Gasteiger partial charge in [0.15, 0.2) is 0 Å². The Hall–Kier alpha value is -2.66. The van der Waals surface area contributed by atoms with Crippen LogP contribution in [0, 0.1) is 0 Å². The third-order valence-electron chi connectivity index (χ3n) is 3.62. The van der Waals surface area contributed by atoms with E-state index in [9.17, 15) is 4.79 Å². The highest BCUT2D eigenvalue weighted by molar-refractivity contribution is 5.83. The monoisotopic (exact) mass is 310 g/mol. The van der Waals surface area contributed by atoms with Crippen LogP contribution in [0.1, 0.15) is 5.56 Å². The zero-order valence-electron chi connectivity index (χ0n) is 12.9. The van der Waals surface area contributed by atoms with E-state index in [2.05, 4.69) is 4.98 Å². The van der Waals surface area contributed by atoms with E-state index < -0.39 is 0 Å². The van der Waals surface area contributed by atoms with E-state index in [0.29, 0.717) is 36.4 Å². The number of rotatable bonds is 6. The van der Waals surface area contributed by atoms with Crippen LogP contribution in [-0.4, -0.2) is 23.3 Å². The first-order valence-electron chi connectivity index (χ1n) is 7.43. The summed E-state index contributed by atoms with van der Waals surface area (Å²) in [5, 5.41) is 0.501. The molecule has 5 heteroatoms. The molecular formula is C18H18N2O3. The molecule has 0 saturated carbocycles. The molecule has 0 fully saturated rings. The summed E-state index contributed by atoms with van der Waals surface area (Å²) in [6.45, 7) is 1.42. The number of methoxy groups -OCH3 is 1. The van der Waals surface area contributed by atoms with Gasteiger partial charge in [-0.2, -0.15) is 0 Å². The Bertz CT molecular complexity index is 844. The molecule has 0 atom stereocenters. The van der Waals surface area contributed by atoms with Crippen molar-refractivity contribution < 1.29 is 9.47 Å². The van der Waals surface area contributed by atoms with E-state index in [1.807, 2.05) is 36.4 Å². The van der Waals surface area contributed by atoms with Gasteiger partial charge in [0.2, 0.25) is 0 Å². The quantitative estimate of drug-likeness (QED) is 0.657. The molecule has 0 aliphatic rings. The number of aromatic nitrogens is 2. The lowest BCUT2D eigenvalue weighted by Crippen LogP contribution is -2.23. The lowest BCUT2D eigenvalue weighted by Gasteiger charge is -2.09. The number of nitrogens with zero attached hydrogens (tertiary/aromatic N) is 2. The standard InChI is InChI=1S/C18H18N2O3/c1-22-16-9-5-8-15-17(16)18(21)20(13-19-15)10-11-23-12-14-6-3-2-4-7-14/h2-9,13H,10-12H2,1H3. The Balaban J connectivity index is 1.71. The fourth-order valence-electron chi connectivity index (χ4n) is 2.43. The van der Waals surface area contributed by atoms with Crippen LogP contribution in [0.5, 0.6) is 5.75 Å². The molecule has 2 aromatic carbocycles. The maximum atomic E-state index is 12.6. The van der Waals surface area contributed by atoms with E-state index in [0.717, 1.165) is 5.56 Å². The zero-order valence-corrected chi connectivity index (χ0v) is 12.9. The SMILES string of the molecule is COc1cccc2ncn(CCOCc3ccccc3)c(=O)c12. The average molecular weight is 310 g/mol. The van der Waals surface area contributed by atoms with Crippen LogP contribution in [0.3, 0.4) is 0 Å². The molecule has 23 heavy (non-hydrogen) atoms. The number of hydrogen-bond acceptors (Lipinski definition) is 4. The second kappa shape index (κ2) is 7.07. The van der Waals surface area contributed by atoms with Crippen LogP contribution in [0.15, 0.2) is 59.7 Å². The lowest BCUT2D eigenvalue weighted by molar-refractivity contribution is 0.112. The summed E-state index contributed by atoms with van der Waals surface area (Å²) >= 11 is 0. The van der Waals surface area contributed by atoms with Gasteiger partial charge in [0, 0.05) is 0 Å². The van der Waals surface area contributed by atoms with Gasteiger partial charge in [-0.1, -0.05) is 36.4 Å². The van der Waals surface area contributed by atoms with E-state index in [1.54, 1.807) is 30.1 Å². The maximum Gasteiger partial charge on any atom is 0.265 e. The molecule has 118 valence electrons. The van der Waals surface area contributed by atoms with Crippen molar-refractivity contribution in [1.82, 2.24) is 9.55 Å². The Morgan fingerprint density at radius 3 is 2.70 bits per heavy atom. The van der Waals surface area contributed by atoms with Crippen molar-refractivity contribution in [3.63, 3.8) is 0 Å². The maximum absolute atomic E-state index is 12.6. The Labute approximate surface area is 134 Å². The molecular weight excluding hydrogens is 292 g/mol. The molecule has 0 aliphatic carbocycles. The molecule has 0 N–H and O–H groups in total. The fraction of sp³-hybridized carbons (Fsp3) is 0.222. The van der Waals surface area contributed by atoms with Crippen molar-refractivity contribution in [1.29, 1.82) is 0 Å². The predicted molar refractivity (Wildman–Crippen MR) is 88.7 cm³/mol. The number of hydrogen-bond donors (Lipinski definition) is 0. The summed E-state index contributed by atoms with van der Waals surface area (Å²) in [5.41, 5.74) is 1.63. The van der Waals surface area contributed by atoms with E-state index in [4.69, 9.17) is 9.47 Å². The van der Waals surface area contributed by atoms with Crippen molar-refractivity contribution >= 4 is 10.9 Å². The van der Waals surface area contributed by atoms with Crippen LogP contribution in [0.25, 0.3) is 10.9 Å². The molecule has 0 unspecified atom stereocenters. The van der Waals surface area contributed by atoms with Crippen LogP contribution < -0.4 is 10.3 Å². The summed E-state index contributed by atoms with van der Waals surface area (Å²) in [5.74, 6) is 0.541. The van der Waals surface area contributed by atoms with Gasteiger partial charge in [-0.25, -0.2) is 4.98 Å². The molecule has 0 amide bonds. The summed E-state index contributed by atoms with van der Waals surface area (Å²) in [7, 11) is 1.55. The zero-order chi connectivity index (χ0) is 16.1. The Morgan fingerprint density at radius 2 is 1.91 bits per heavy atom. The first-order chi connectivity index (χ1) is 11.3. The molecule has 3 rings (SSSR count). The molecule has 5 nitrogen and oxygen atoms in total. The fourth-order valence-corrected chi connectivity index (χ4v) is 2.43. The second-order valence-corrected chi connectivity index (χ2v) is 5.14.